The van der Waals surface area contributed by atoms with E-state index in [2.05, 4.69) is 10.2 Å². The molecule has 0 fully saturated rings. The van der Waals surface area contributed by atoms with Gasteiger partial charge in [0.1, 0.15) is 25.0 Å². The fraction of sp³-hybridized carbons (Fsp3) is 0.318. The number of aliphatic carboxylic acids is 1. The second kappa shape index (κ2) is 8.82. The standard InChI is InChI=1S/C22H19F2N5O4/c1-12-16-7-19(33-11-20(23)24)13(8-25)6-17(16)26-28(12)9-18-14-4-2-3-5-15(14)22(32)29(27-18)10-21(30)31/h2-7,12,16,20H,9-11H2,1H3,(H,30,31). The van der Waals surface area contributed by atoms with E-state index in [9.17, 15) is 23.6 Å². The Morgan fingerprint density at radius 2 is 2.06 bits per heavy atom. The Morgan fingerprint density at radius 3 is 2.73 bits per heavy atom. The lowest BCUT2D eigenvalue weighted by Gasteiger charge is -2.25. The maximum absolute atomic E-state index is 12.6. The first kappa shape index (κ1) is 22.1. The van der Waals surface area contributed by atoms with Crippen LogP contribution < -0.4 is 5.56 Å². The first-order valence-electron chi connectivity index (χ1n) is 10.1. The molecule has 2 unspecified atom stereocenters. The third kappa shape index (κ3) is 4.32. The number of allylic oxidation sites excluding steroid dienone is 2. The average Bonchev–Trinajstić information content (AvgIpc) is 3.08. The van der Waals surface area contributed by atoms with E-state index in [1.165, 1.54) is 6.08 Å². The molecule has 1 aliphatic heterocycles. The predicted molar refractivity (Wildman–Crippen MR) is 113 cm³/mol. The monoisotopic (exact) mass is 455 g/mol. The predicted octanol–water partition coefficient (Wildman–Crippen LogP) is 2.29. The van der Waals surface area contributed by atoms with Crippen LogP contribution in [-0.4, -0.2) is 50.7 Å². The molecule has 0 radical (unpaired) electrons. The van der Waals surface area contributed by atoms with Gasteiger partial charge < -0.3 is 9.84 Å². The minimum atomic E-state index is -2.67. The van der Waals surface area contributed by atoms with Crippen molar-refractivity contribution in [2.24, 2.45) is 11.0 Å². The molecule has 170 valence electrons. The molecular weight excluding hydrogens is 436 g/mol. The van der Waals surface area contributed by atoms with Gasteiger partial charge in [-0.3, -0.25) is 14.6 Å². The lowest BCUT2D eigenvalue weighted by atomic mass is 9.89. The molecule has 1 aromatic carbocycles. The molecule has 33 heavy (non-hydrogen) atoms. The summed E-state index contributed by atoms with van der Waals surface area (Å²) in [6, 6.07) is 8.49. The summed E-state index contributed by atoms with van der Waals surface area (Å²) in [5, 5.41) is 30.0. The van der Waals surface area contributed by atoms with E-state index in [1.807, 2.05) is 13.0 Å². The van der Waals surface area contributed by atoms with Crippen molar-refractivity contribution in [3.8, 4) is 6.07 Å². The first-order valence-corrected chi connectivity index (χ1v) is 10.1. The van der Waals surface area contributed by atoms with Crippen molar-refractivity contribution in [3.63, 3.8) is 0 Å². The minimum Gasteiger partial charge on any atom is -0.487 e. The minimum absolute atomic E-state index is 0.0917. The smallest absolute Gasteiger partial charge is 0.325 e. The third-order valence-corrected chi connectivity index (χ3v) is 5.49. The number of nitrogens with zero attached hydrogens (tertiary/aromatic N) is 5. The van der Waals surface area contributed by atoms with Crippen LogP contribution in [0.15, 0.2) is 57.6 Å². The number of rotatable bonds is 7. The van der Waals surface area contributed by atoms with E-state index in [4.69, 9.17) is 9.84 Å². The van der Waals surface area contributed by atoms with Gasteiger partial charge >= 0.3 is 5.97 Å². The van der Waals surface area contributed by atoms with Crippen molar-refractivity contribution in [2.45, 2.75) is 32.5 Å². The SMILES string of the molecule is CC1C2C=C(OCC(F)F)C(C#N)=CC2=NN1Cc1nn(CC(=O)O)c(=O)c2ccccc12. The number of carbonyl (C=O) groups is 1. The normalized spacial score (nSPS) is 19.6. The van der Waals surface area contributed by atoms with Gasteiger partial charge in [-0.1, -0.05) is 18.2 Å². The second-order valence-electron chi connectivity index (χ2n) is 7.64. The van der Waals surface area contributed by atoms with Crippen LogP contribution in [0.2, 0.25) is 0 Å². The van der Waals surface area contributed by atoms with Gasteiger partial charge in [0.25, 0.3) is 12.0 Å². The van der Waals surface area contributed by atoms with Gasteiger partial charge in [0.05, 0.1) is 35.0 Å². The van der Waals surface area contributed by atoms with E-state index in [0.717, 1.165) is 4.68 Å². The Balaban J connectivity index is 1.68. The summed E-state index contributed by atoms with van der Waals surface area (Å²) >= 11 is 0. The van der Waals surface area contributed by atoms with Gasteiger partial charge in [-0.05, 0) is 25.1 Å². The topological polar surface area (TPSA) is 121 Å². The molecule has 1 N–H and O–H groups in total. The highest BCUT2D eigenvalue weighted by molar-refractivity contribution is 6.02. The van der Waals surface area contributed by atoms with Gasteiger partial charge in [0.15, 0.2) is 0 Å². The van der Waals surface area contributed by atoms with Gasteiger partial charge in [-0.25, -0.2) is 13.5 Å². The summed E-state index contributed by atoms with van der Waals surface area (Å²) in [5.41, 5.74) is 0.644. The van der Waals surface area contributed by atoms with Crippen molar-refractivity contribution in [2.75, 3.05) is 6.61 Å². The Labute approximate surface area is 186 Å². The van der Waals surface area contributed by atoms with E-state index in [0.29, 0.717) is 22.2 Å². The van der Waals surface area contributed by atoms with Crippen LogP contribution in [0.3, 0.4) is 0 Å². The van der Waals surface area contributed by atoms with Crippen LogP contribution >= 0.6 is 0 Å². The van der Waals surface area contributed by atoms with Crippen LogP contribution in [0.25, 0.3) is 10.8 Å². The van der Waals surface area contributed by atoms with Gasteiger partial charge in [0.2, 0.25) is 0 Å². The van der Waals surface area contributed by atoms with Gasteiger partial charge in [-0.2, -0.15) is 15.5 Å². The van der Waals surface area contributed by atoms with Crippen LogP contribution in [-0.2, 0) is 22.6 Å². The van der Waals surface area contributed by atoms with E-state index in [1.54, 1.807) is 35.4 Å². The van der Waals surface area contributed by atoms with E-state index in [-0.39, 0.29) is 29.8 Å². The Bertz CT molecular complexity index is 1310. The number of carboxylic acid groups (broad SMARTS) is 1. The highest BCUT2D eigenvalue weighted by Gasteiger charge is 2.36. The van der Waals surface area contributed by atoms with Crippen molar-refractivity contribution in [1.29, 1.82) is 5.26 Å². The summed E-state index contributed by atoms with van der Waals surface area (Å²) in [4.78, 5) is 23.8. The van der Waals surface area contributed by atoms with Crippen molar-refractivity contribution in [3.05, 3.63) is 63.8 Å². The van der Waals surface area contributed by atoms with Crippen LogP contribution in [0.5, 0.6) is 0 Å². The van der Waals surface area contributed by atoms with Crippen molar-refractivity contribution < 1.29 is 23.4 Å². The number of halogens is 2. The Kier molecular flexibility index (Phi) is 5.91. The summed E-state index contributed by atoms with van der Waals surface area (Å²) in [7, 11) is 0. The molecule has 0 amide bonds. The number of alkyl halides is 2. The molecule has 2 aromatic rings. The molecule has 2 aliphatic rings. The molecule has 1 aromatic heterocycles. The molecule has 0 spiro atoms. The largest absolute Gasteiger partial charge is 0.487 e. The molecule has 1 aliphatic carbocycles. The molecule has 2 heterocycles. The molecule has 0 saturated carbocycles. The number of nitriles is 1. The molecular formula is C22H19F2N5O4. The Hall–Kier alpha value is -4.07. The summed E-state index contributed by atoms with van der Waals surface area (Å²) in [5.74, 6) is -1.40. The first-order chi connectivity index (χ1) is 15.8. The van der Waals surface area contributed by atoms with Gasteiger partial charge in [-0.15, -0.1) is 0 Å². The van der Waals surface area contributed by atoms with Crippen molar-refractivity contribution in [1.82, 2.24) is 14.8 Å². The molecule has 4 rings (SSSR count). The highest BCUT2D eigenvalue weighted by Crippen LogP contribution is 2.33. The highest BCUT2D eigenvalue weighted by atomic mass is 19.3. The van der Waals surface area contributed by atoms with Crippen LogP contribution in [0.1, 0.15) is 12.6 Å². The number of aromatic nitrogens is 2. The molecule has 0 saturated heterocycles. The summed E-state index contributed by atoms with van der Waals surface area (Å²) in [6.45, 7) is 0.649. The molecule has 11 heteroatoms. The second-order valence-corrected chi connectivity index (χ2v) is 7.64. The molecule has 2 atom stereocenters. The number of benzene rings is 1. The van der Waals surface area contributed by atoms with Gasteiger partial charge in [0, 0.05) is 11.3 Å². The number of hydrazone groups is 1. The van der Waals surface area contributed by atoms with Crippen LogP contribution in [0.4, 0.5) is 8.78 Å². The Morgan fingerprint density at radius 1 is 1.33 bits per heavy atom. The quantitative estimate of drug-likeness (QED) is 0.680. The zero-order valence-electron chi connectivity index (χ0n) is 17.5. The summed E-state index contributed by atoms with van der Waals surface area (Å²) < 4.78 is 31.2. The molecule has 9 nitrogen and oxygen atoms in total. The average molecular weight is 455 g/mol. The molecule has 0 bridgehead atoms. The third-order valence-electron chi connectivity index (χ3n) is 5.49. The van der Waals surface area contributed by atoms with E-state index < -0.39 is 31.1 Å². The number of hydrogen-bond acceptors (Lipinski definition) is 7. The zero-order valence-corrected chi connectivity index (χ0v) is 17.5. The number of carboxylic acids is 1. The number of ether oxygens (including phenoxy) is 1. The summed E-state index contributed by atoms with van der Waals surface area (Å²) in [6.07, 6.45) is 0.458. The number of fused-ring (bicyclic) bond motifs is 2. The lowest BCUT2D eigenvalue weighted by Crippen LogP contribution is -2.33. The zero-order chi connectivity index (χ0) is 23.7. The maximum atomic E-state index is 12.6. The van der Waals surface area contributed by atoms with E-state index >= 15 is 0 Å². The maximum Gasteiger partial charge on any atom is 0.325 e. The van der Waals surface area contributed by atoms with Crippen molar-refractivity contribution >= 4 is 22.5 Å². The lowest BCUT2D eigenvalue weighted by molar-refractivity contribution is -0.138. The fourth-order valence-electron chi connectivity index (χ4n) is 3.92. The fourth-order valence-corrected chi connectivity index (χ4v) is 3.92. The number of hydrogen-bond donors (Lipinski definition) is 1. The van der Waals surface area contributed by atoms with Crippen LogP contribution in [0, 0.1) is 17.2 Å².